The standard InChI is InChI=1S/C10H18ClNO2/c1-3-9(11)10(13)12-6-4-8(14-2)5-7-12/h8-9H,3-7H2,1-2H3/t9-/m0/s1. The Morgan fingerprint density at radius 1 is 1.57 bits per heavy atom. The number of methoxy groups -OCH3 is 1. The molecule has 1 fully saturated rings. The predicted molar refractivity (Wildman–Crippen MR) is 56.5 cm³/mol. The van der Waals surface area contributed by atoms with Crippen LogP contribution in [0.25, 0.3) is 0 Å². The van der Waals surface area contributed by atoms with Gasteiger partial charge >= 0.3 is 0 Å². The van der Waals surface area contributed by atoms with Crippen LogP contribution in [-0.2, 0) is 9.53 Å². The maximum atomic E-state index is 11.7. The maximum Gasteiger partial charge on any atom is 0.240 e. The van der Waals surface area contributed by atoms with Crippen LogP contribution in [-0.4, -0.2) is 42.5 Å². The summed E-state index contributed by atoms with van der Waals surface area (Å²) in [4.78, 5) is 13.5. The second-order valence-corrected chi connectivity index (χ2v) is 4.16. The van der Waals surface area contributed by atoms with Gasteiger partial charge in [-0.2, -0.15) is 0 Å². The van der Waals surface area contributed by atoms with Crippen LogP contribution < -0.4 is 0 Å². The first kappa shape index (κ1) is 11.8. The van der Waals surface area contributed by atoms with Crippen molar-refractivity contribution in [2.75, 3.05) is 20.2 Å². The lowest BCUT2D eigenvalue weighted by Gasteiger charge is -2.32. The Bertz CT molecular complexity index is 191. The second-order valence-electron chi connectivity index (χ2n) is 3.64. The van der Waals surface area contributed by atoms with Crippen LogP contribution in [0.1, 0.15) is 26.2 Å². The fraction of sp³-hybridized carbons (Fsp3) is 0.900. The van der Waals surface area contributed by atoms with Crippen LogP contribution in [0, 0.1) is 0 Å². The number of nitrogens with zero attached hydrogens (tertiary/aromatic N) is 1. The van der Waals surface area contributed by atoms with Gasteiger partial charge in [0.2, 0.25) is 5.91 Å². The number of carbonyl (C=O) groups is 1. The predicted octanol–water partition coefficient (Wildman–Crippen LogP) is 1.64. The molecule has 82 valence electrons. The van der Waals surface area contributed by atoms with Gasteiger partial charge in [-0.15, -0.1) is 11.6 Å². The smallest absolute Gasteiger partial charge is 0.240 e. The first-order valence-electron chi connectivity index (χ1n) is 5.14. The van der Waals surface area contributed by atoms with Crippen molar-refractivity contribution in [1.82, 2.24) is 4.90 Å². The Hall–Kier alpha value is -0.280. The minimum Gasteiger partial charge on any atom is -0.381 e. The van der Waals surface area contributed by atoms with Crippen LogP contribution in [0.3, 0.4) is 0 Å². The summed E-state index contributed by atoms with van der Waals surface area (Å²) in [6, 6.07) is 0. The third-order valence-electron chi connectivity index (χ3n) is 2.71. The van der Waals surface area contributed by atoms with Gasteiger partial charge in [0.25, 0.3) is 0 Å². The van der Waals surface area contributed by atoms with Crippen molar-refractivity contribution in [2.45, 2.75) is 37.7 Å². The van der Waals surface area contributed by atoms with Crippen LogP contribution in [0.2, 0.25) is 0 Å². The summed E-state index contributed by atoms with van der Waals surface area (Å²) in [6.07, 6.45) is 2.87. The molecule has 0 aromatic rings. The van der Waals surface area contributed by atoms with Gasteiger partial charge in [0.15, 0.2) is 0 Å². The van der Waals surface area contributed by atoms with Gasteiger partial charge in [-0.1, -0.05) is 6.92 Å². The van der Waals surface area contributed by atoms with E-state index in [0.29, 0.717) is 12.5 Å². The van der Waals surface area contributed by atoms with Gasteiger partial charge in [0, 0.05) is 20.2 Å². The fourth-order valence-corrected chi connectivity index (χ4v) is 1.82. The number of piperidine rings is 1. The quantitative estimate of drug-likeness (QED) is 0.676. The highest BCUT2D eigenvalue weighted by Gasteiger charge is 2.25. The average Bonchev–Trinajstić information content (AvgIpc) is 2.27. The van der Waals surface area contributed by atoms with Crippen LogP contribution in [0.15, 0.2) is 0 Å². The van der Waals surface area contributed by atoms with Crippen molar-refractivity contribution in [1.29, 1.82) is 0 Å². The molecule has 1 rings (SSSR count). The molecule has 1 amide bonds. The molecule has 0 aliphatic carbocycles. The molecule has 0 aromatic carbocycles. The average molecular weight is 220 g/mol. The summed E-state index contributed by atoms with van der Waals surface area (Å²) in [6.45, 7) is 3.48. The van der Waals surface area contributed by atoms with E-state index in [9.17, 15) is 4.79 Å². The Labute approximate surface area is 90.4 Å². The molecule has 0 N–H and O–H groups in total. The summed E-state index contributed by atoms with van der Waals surface area (Å²) in [7, 11) is 1.72. The van der Waals surface area contributed by atoms with E-state index in [0.717, 1.165) is 25.9 Å². The summed E-state index contributed by atoms with van der Waals surface area (Å²) in [5, 5.41) is -0.353. The minimum atomic E-state index is -0.353. The van der Waals surface area contributed by atoms with Gasteiger partial charge < -0.3 is 9.64 Å². The van der Waals surface area contributed by atoms with E-state index in [4.69, 9.17) is 16.3 Å². The molecule has 0 unspecified atom stereocenters. The molecular weight excluding hydrogens is 202 g/mol. The highest BCUT2D eigenvalue weighted by atomic mass is 35.5. The molecule has 1 heterocycles. The highest BCUT2D eigenvalue weighted by Crippen LogP contribution is 2.16. The number of rotatable bonds is 3. The second kappa shape index (κ2) is 5.56. The monoisotopic (exact) mass is 219 g/mol. The molecule has 1 aliphatic heterocycles. The van der Waals surface area contributed by atoms with E-state index in [2.05, 4.69) is 0 Å². The number of hydrogen-bond donors (Lipinski definition) is 0. The van der Waals surface area contributed by atoms with E-state index < -0.39 is 0 Å². The summed E-state index contributed by atoms with van der Waals surface area (Å²) >= 11 is 5.90. The van der Waals surface area contributed by atoms with Crippen molar-refractivity contribution in [2.24, 2.45) is 0 Å². The lowest BCUT2D eigenvalue weighted by molar-refractivity contribution is -0.133. The zero-order chi connectivity index (χ0) is 10.6. The molecule has 14 heavy (non-hydrogen) atoms. The molecule has 0 saturated carbocycles. The molecular formula is C10H18ClNO2. The van der Waals surface area contributed by atoms with Crippen molar-refractivity contribution >= 4 is 17.5 Å². The number of alkyl halides is 1. The Balaban J connectivity index is 2.37. The number of likely N-dealkylation sites (tertiary alicyclic amines) is 1. The van der Waals surface area contributed by atoms with E-state index in [1.165, 1.54) is 0 Å². The van der Waals surface area contributed by atoms with Crippen LogP contribution >= 0.6 is 11.6 Å². The third-order valence-corrected chi connectivity index (χ3v) is 3.21. The Morgan fingerprint density at radius 3 is 2.57 bits per heavy atom. The summed E-state index contributed by atoms with van der Waals surface area (Å²) in [5.41, 5.74) is 0. The third kappa shape index (κ3) is 2.85. The van der Waals surface area contributed by atoms with Gasteiger partial charge in [0.05, 0.1) is 6.10 Å². The molecule has 4 heteroatoms. The summed E-state index contributed by atoms with van der Waals surface area (Å²) < 4.78 is 5.24. The number of ether oxygens (including phenoxy) is 1. The van der Waals surface area contributed by atoms with Crippen LogP contribution in [0.4, 0.5) is 0 Å². The fourth-order valence-electron chi connectivity index (χ4n) is 1.68. The Morgan fingerprint density at radius 2 is 2.14 bits per heavy atom. The van der Waals surface area contributed by atoms with E-state index in [1.54, 1.807) is 7.11 Å². The lowest BCUT2D eigenvalue weighted by Crippen LogP contribution is -2.43. The van der Waals surface area contributed by atoms with Gasteiger partial charge in [-0.05, 0) is 19.3 Å². The first-order chi connectivity index (χ1) is 6.69. The van der Waals surface area contributed by atoms with Crippen molar-refractivity contribution in [3.05, 3.63) is 0 Å². The number of amides is 1. The Kier molecular flexibility index (Phi) is 4.69. The largest absolute Gasteiger partial charge is 0.381 e. The number of halogens is 1. The van der Waals surface area contributed by atoms with Crippen molar-refractivity contribution in [3.8, 4) is 0 Å². The maximum absolute atomic E-state index is 11.7. The zero-order valence-corrected chi connectivity index (χ0v) is 9.59. The molecule has 1 saturated heterocycles. The molecule has 1 atom stereocenters. The number of hydrogen-bond acceptors (Lipinski definition) is 2. The minimum absolute atomic E-state index is 0.0729. The van der Waals surface area contributed by atoms with Gasteiger partial charge in [-0.3, -0.25) is 4.79 Å². The highest BCUT2D eigenvalue weighted by molar-refractivity contribution is 6.30. The van der Waals surface area contributed by atoms with E-state index in [-0.39, 0.29) is 11.3 Å². The topological polar surface area (TPSA) is 29.5 Å². The summed E-state index contributed by atoms with van der Waals surface area (Å²) in [5.74, 6) is 0.0729. The lowest BCUT2D eigenvalue weighted by atomic mass is 10.1. The molecule has 0 aromatic heterocycles. The molecule has 3 nitrogen and oxygen atoms in total. The van der Waals surface area contributed by atoms with E-state index in [1.807, 2.05) is 11.8 Å². The molecule has 0 radical (unpaired) electrons. The van der Waals surface area contributed by atoms with Crippen molar-refractivity contribution < 1.29 is 9.53 Å². The number of carbonyl (C=O) groups excluding carboxylic acids is 1. The van der Waals surface area contributed by atoms with Gasteiger partial charge in [0.1, 0.15) is 5.38 Å². The SMILES string of the molecule is CC[C@H](Cl)C(=O)N1CCC(OC)CC1. The molecule has 0 spiro atoms. The normalized spacial score (nSPS) is 20.9. The van der Waals surface area contributed by atoms with Gasteiger partial charge in [-0.25, -0.2) is 0 Å². The van der Waals surface area contributed by atoms with E-state index >= 15 is 0 Å². The first-order valence-corrected chi connectivity index (χ1v) is 5.58. The molecule has 1 aliphatic rings. The van der Waals surface area contributed by atoms with Crippen molar-refractivity contribution in [3.63, 3.8) is 0 Å². The molecule has 0 bridgehead atoms. The zero-order valence-electron chi connectivity index (χ0n) is 8.83. The van der Waals surface area contributed by atoms with Crippen LogP contribution in [0.5, 0.6) is 0 Å².